The molecule has 0 radical (unpaired) electrons. The third-order valence-electron chi connectivity index (χ3n) is 2.83. The Kier molecular flexibility index (Phi) is 2.53. The lowest BCUT2D eigenvalue weighted by Gasteiger charge is -2.01. The fourth-order valence-corrected chi connectivity index (χ4v) is 2.23. The Hall–Kier alpha value is -1.30. The van der Waals surface area contributed by atoms with Crippen molar-refractivity contribution in [2.45, 2.75) is 26.7 Å². The first-order valence-electron chi connectivity index (χ1n) is 5.29. The fraction of sp³-hybridized carbons (Fsp3) is 0.286. The summed E-state index contributed by atoms with van der Waals surface area (Å²) in [5.41, 5.74) is 5.97. The summed E-state index contributed by atoms with van der Waals surface area (Å²) >= 11 is 0. The molecule has 0 nitrogen and oxygen atoms in total. The summed E-state index contributed by atoms with van der Waals surface area (Å²) in [6.45, 7) is 4.32. The predicted molar refractivity (Wildman–Crippen MR) is 62.2 cm³/mol. The smallest absolute Gasteiger partial charge is 0.00169 e. The van der Waals surface area contributed by atoms with E-state index in [4.69, 9.17) is 0 Å². The Bertz CT molecular complexity index is 394. The van der Waals surface area contributed by atoms with Gasteiger partial charge < -0.3 is 0 Å². The topological polar surface area (TPSA) is 0 Å². The molecular formula is C14H16. The molecule has 0 N–H and O–H groups in total. The zero-order chi connectivity index (χ0) is 9.97. The van der Waals surface area contributed by atoms with Gasteiger partial charge in [-0.25, -0.2) is 0 Å². The third-order valence-corrected chi connectivity index (χ3v) is 2.83. The Morgan fingerprint density at radius 3 is 2.79 bits per heavy atom. The van der Waals surface area contributed by atoms with Crippen LogP contribution in [0.2, 0.25) is 0 Å². The van der Waals surface area contributed by atoms with E-state index in [1.165, 1.54) is 22.3 Å². The van der Waals surface area contributed by atoms with Gasteiger partial charge in [0.15, 0.2) is 0 Å². The Morgan fingerprint density at radius 1 is 1.29 bits per heavy atom. The molecular weight excluding hydrogens is 168 g/mol. The van der Waals surface area contributed by atoms with Crippen molar-refractivity contribution >= 4 is 5.57 Å². The van der Waals surface area contributed by atoms with E-state index in [1.54, 1.807) is 0 Å². The molecule has 0 atom stereocenters. The number of allylic oxidation sites excluding steroid dienone is 4. The van der Waals surface area contributed by atoms with E-state index in [1.807, 2.05) is 0 Å². The molecule has 0 saturated carbocycles. The van der Waals surface area contributed by atoms with Crippen molar-refractivity contribution in [1.82, 2.24) is 0 Å². The van der Waals surface area contributed by atoms with Crippen molar-refractivity contribution in [3.8, 4) is 0 Å². The van der Waals surface area contributed by atoms with E-state index in [-0.39, 0.29) is 0 Å². The van der Waals surface area contributed by atoms with Crippen molar-refractivity contribution in [3.05, 3.63) is 53.1 Å². The molecule has 0 fully saturated rings. The molecule has 14 heavy (non-hydrogen) atoms. The van der Waals surface area contributed by atoms with Crippen molar-refractivity contribution in [2.24, 2.45) is 0 Å². The van der Waals surface area contributed by atoms with E-state index < -0.39 is 0 Å². The summed E-state index contributed by atoms with van der Waals surface area (Å²) in [7, 11) is 0. The van der Waals surface area contributed by atoms with Gasteiger partial charge in [0.1, 0.15) is 0 Å². The van der Waals surface area contributed by atoms with Crippen LogP contribution in [0.3, 0.4) is 0 Å². The maximum Gasteiger partial charge on any atom is -0.00169 e. The van der Waals surface area contributed by atoms with Crippen molar-refractivity contribution in [3.63, 3.8) is 0 Å². The molecule has 1 aromatic carbocycles. The molecule has 1 aromatic rings. The second-order valence-corrected chi connectivity index (χ2v) is 3.69. The van der Waals surface area contributed by atoms with Crippen LogP contribution in [0, 0.1) is 0 Å². The van der Waals surface area contributed by atoms with Crippen molar-refractivity contribution in [1.29, 1.82) is 0 Å². The highest BCUT2D eigenvalue weighted by Crippen LogP contribution is 2.35. The summed E-state index contributed by atoms with van der Waals surface area (Å²) in [4.78, 5) is 0. The van der Waals surface area contributed by atoms with Crippen LogP contribution in [-0.4, -0.2) is 0 Å². The monoisotopic (exact) mass is 184 g/mol. The second kappa shape index (κ2) is 3.83. The lowest BCUT2D eigenvalue weighted by molar-refractivity contribution is 1.22. The van der Waals surface area contributed by atoms with Crippen molar-refractivity contribution in [2.75, 3.05) is 0 Å². The third kappa shape index (κ3) is 1.41. The molecule has 0 aliphatic heterocycles. The molecule has 0 heterocycles. The van der Waals surface area contributed by atoms with Gasteiger partial charge in [0, 0.05) is 0 Å². The first kappa shape index (κ1) is 9.26. The van der Waals surface area contributed by atoms with Gasteiger partial charge in [-0.15, -0.1) is 0 Å². The molecule has 0 unspecified atom stereocenters. The van der Waals surface area contributed by atoms with Crippen LogP contribution < -0.4 is 0 Å². The molecule has 0 spiro atoms. The van der Waals surface area contributed by atoms with E-state index in [9.17, 15) is 0 Å². The van der Waals surface area contributed by atoms with Crippen LogP contribution in [0.25, 0.3) is 5.57 Å². The van der Waals surface area contributed by atoms with Crippen molar-refractivity contribution < 1.29 is 0 Å². The van der Waals surface area contributed by atoms with E-state index in [0.29, 0.717) is 0 Å². The minimum absolute atomic E-state index is 1.11. The quantitative estimate of drug-likeness (QED) is 0.652. The van der Waals surface area contributed by atoms with Crippen LogP contribution in [0.15, 0.2) is 42.0 Å². The molecule has 72 valence electrons. The second-order valence-electron chi connectivity index (χ2n) is 3.69. The highest BCUT2D eigenvalue weighted by molar-refractivity contribution is 5.78. The van der Waals surface area contributed by atoms with E-state index >= 15 is 0 Å². The average molecular weight is 184 g/mol. The lowest BCUT2D eigenvalue weighted by Crippen LogP contribution is -1.81. The van der Waals surface area contributed by atoms with Gasteiger partial charge in [0.25, 0.3) is 0 Å². The lowest BCUT2D eigenvalue weighted by atomic mass is 10.0. The Balaban J connectivity index is 2.48. The highest BCUT2D eigenvalue weighted by Gasteiger charge is 2.17. The summed E-state index contributed by atoms with van der Waals surface area (Å²) in [6.07, 6.45) is 6.64. The van der Waals surface area contributed by atoms with Gasteiger partial charge in [0.2, 0.25) is 0 Å². The number of benzene rings is 1. The van der Waals surface area contributed by atoms with Gasteiger partial charge in [-0.3, -0.25) is 0 Å². The van der Waals surface area contributed by atoms with Gasteiger partial charge in [0.05, 0.1) is 0 Å². The van der Waals surface area contributed by atoms with Gasteiger partial charge in [-0.2, -0.15) is 0 Å². The predicted octanol–water partition coefficient (Wildman–Crippen LogP) is 3.98. The Labute approximate surface area is 86.0 Å². The zero-order valence-electron chi connectivity index (χ0n) is 8.88. The minimum atomic E-state index is 1.11. The largest absolute Gasteiger partial charge is 0.0874 e. The molecule has 2 rings (SSSR count). The molecule has 0 saturated heterocycles. The average Bonchev–Trinajstić information content (AvgIpc) is 2.55. The van der Waals surface area contributed by atoms with Gasteiger partial charge >= 0.3 is 0 Å². The summed E-state index contributed by atoms with van der Waals surface area (Å²) < 4.78 is 0. The first-order chi connectivity index (χ1) is 6.86. The van der Waals surface area contributed by atoms with Crippen LogP contribution in [0.5, 0.6) is 0 Å². The minimum Gasteiger partial charge on any atom is -0.0874 e. The fourth-order valence-electron chi connectivity index (χ4n) is 2.23. The van der Waals surface area contributed by atoms with Crippen LogP contribution >= 0.6 is 0 Å². The SMILES string of the molecule is CC=CC1=C(CC)c2ccccc2C1. The number of fused-ring (bicyclic) bond motifs is 1. The van der Waals surface area contributed by atoms with Crippen LogP contribution in [0.4, 0.5) is 0 Å². The number of hydrogen-bond acceptors (Lipinski definition) is 0. The van der Waals surface area contributed by atoms with E-state index in [2.05, 4.69) is 50.3 Å². The first-order valence-corrected chi connectivity index (χ1v) is 5.29. The molecule has 1 aliphatic carbocycles. The maximum atomic E-state index is 2.25. The number of hydrogen-bond donors (Lipinski definition) is 0. The van der Waals surface area contributed by atoms with Crippen LogP contribution in [-0.2, 0) is 6.42 Å². The maximum absolute atomic E-state index is 2.25. The molecule has 1 aliphatic rings. The standard InChI is InChI=1S/C14H16/c1-3-7-11-10-12-8-5-6-9-14(12)13(11)4-2/h3,5-9H,4,10H2,1-2H3. The summed E-state index contributed by atoms with van der Waals surface area (Å²) in [6, 6.07) is 8.74. The van der Waals surface area contributed by atoms with Gasteiger partial charge in [-0.05, 0) is 42.0 Å². The molecule has 0 aromatic heterocycles. The molecule has 0 bridgehead atoms. The Morgan fingerprint density at radius 2 is 2.07 bits per heavy atom. The summed E-state index contributed by atoms with van der Waals surface area (Å²) in [5, 5.41) is 0. The number of rotatable bonds is 2. The van der Waals surface area contributed by atoms with Gasteiger partial charge in [-0.1, -0.05) is 43.3 Å². The van der Waals surface area contributed by atoms with E-state index in [0.717, 1.165) is 12.8 Å². The molecule has 0 heteroatoms. The summed E-state index contributed by atoms with van der Waals surface area (Å²) in [5.74, 6) is 0. The highest BCUT2D eigenvalue weighted by atomic mass is 14.2. The normalized spacial score (nSPS) is 15.3. The zero-order valence-corrected chi connectivity index (χ0v) is 8.88. The molecule has 0 amide bonds. The van der Waals surface area contributed by atoms with Crippen LogP contribution in [0.1, 0.15) is 31.4 Å².